The van der Waals surface area contributed by atoms with Crippen LogP contribution in [0, 0.1) is 5.82 Å². The minimum atomic E-state index is -0.536. The summed E-state index contributed by atoms with van der Waals surface area (Å²) in [6.07, 6.45) is 0.459. The molecule has 0 fully saturated rings. The van der Waals surface area contributed by atoms with Crippen LogP contribution in [0.3, 0.4) is 0 Å². The third kappa shape index (κ3) is 3.32. The van der Waals surface area contributed by atoms with Crippen molar-refractivity contribution in [3.05, 3.63) is 35.6 Å². The van der Waals surface area contributed by atoms with Gasteiger partial charge in [-0.25, -0.2) is 4.39 Å². The van der Waals surface area contributed by atoms with Crippen LogP contribution in [0.25, 0.3) is 0 Å². The van der Waals surface area contributed by atoms with E-state index in [1.54, 1.807) is 13.0 Å². The quantitative estimate of drug-likeness (QED) is 0.789. The van der Waals surface area contributed by atoms with Crippen LogP contribution in [0.4, 0.5) is 4.39 Å². The van der Waals surface area contributed by atoms with Crippen molar-refractivity contribution in [1.29, 1.82) is 0 Å². The van der Waals surface area contributed by atoms with Crippen molar-refractivity contribution >= 4 is 5.91 Å². The lowest BCUT2D eigenvalue weighted by Crippen LogP contribution is -2.33. The van der Waals surface area contributed by atoms with Crippen LogP contribution < -0.4 is 5.32 Å². The van der Waals surface area contributed by atoms with E-state index in [9.17, 15) is 9.18 Å². The molecular formula is C11H14FNO2. The molecule has 0 spiro atoms. The van der Waals surface area contributed by atoms with E-state index in [2.05, 4.69) is 5.32 Å². The summed E-state index contributed by atoms with van der Waals surface area (Å²) in [6, 6.07) is 5.64. The lowest BCUT2D eigenvalue weighted by Gasteiger charge is -2.12. The van der Waals surface area contributed by atoms with Crippen molar-refractivity contribution < 1.29 is 14.3 Å². The molecule has 1 amide bonds. The Morgan fingerprint density at radius 2 is 2.20 bits per heavy atom. The molecule has 4 heteroatoms. The van der Waals surface area contributed by atoms with Crippen molar-refractivity contribution in [2.75, 3.05) is 6.61 Å². The molecule has 1 rings (SSSR count). The van der Waals surface area contributed by atoms with Crippen LogP contribution in [-0.2, 0) is 0 Å². The van der Waals surface area contributed by atoms with Crippen molar-refractivity contribution in [2.24, 2.45) is 0 Å². The van der Waals surface area contributed by atoms with Gasteiger partial charge >= 0.3 is 0 Å². The Bertz CT molecular complexity index is 341. The molecule has 15 heavy (non-hydrogen) atoms. The number of aliphatic hydroxyl groups is 1. The fourth-order valence-corrected chi connectivity index (χ4v) is 1.21. The number of nitrogens with one attached hydrogen (secondary N) is 1. The smallest absolute Gasteiger partial charge is 0.254 e. The molecule has 0 radical (unpaired) electrons. The molecule has 0 bridgehead atoms. The summed E-state index contributed by atoms with van der Waals surface area (Å²) in [6.45, 7) is 1.76. The maximum atomic E-state index is 13.2. The summed E-state index contributed by atoms with van der Waals surface area (Å²) >= 11 is 0. The zero-order chi connectivity index (χ0) is 11.3. The highest BCUT2D eigenvalue weighted by atomic mass is 19.1. The van der Waals surface area contributed by atoms with E-state index in [0.29, 0.717) is 6.42 Å². The summed E-state index contributed by atoms with van der Waals surface area (Å²) in [5.41, 5.74) is 0.0299. The molecule has 1 atom stereocenters. The average molecular weight is 211 g/mol. The standard InChI is InChI=1S/C11H14FNO2/c1-8(6-7-14)13-11(15)9-4-2-3-5-10(9)12/h2-5,8,14H,6-7H2,1H3,(H,13,15). The van der Waals surface area contributed by atoms with Gasteiger partial charge in [0.15, 0.2) is 0 Å². The zero-order valence-corrected chi connectivity index (χ0v) is 8.53. The van der Waals surface area contributed by atoms with Gasteiger partial charge in [-0.15, -0.1) is 0 Å². The predicted molar refractivity (Wildman–Crippen MR) is 55.0 cm³/mol. The number of amides is 1. The first-order valence-electron chi connectivity index (χ1n) is 4.81. The summed E-state index contributed by atoms with van der Waals surface area (Å²) in [7, 11) is 0. The molecule has 0 aromatic heterocycles. The molecule has 0 aliphatic rings. The van der Waals surface area contributed by atoms with Gasteiger partial charge in [-0.2, -0.15) is 0 Å². The molecule has 0 aliphatic heterocycles. The van der Waals surface area contributed by atoms with E-state index in [0.717, 1.165) is 0 Å². The lowest BCUT2D eigenvalue weighted by molar-refractivity contribution is 0.0930. The second kappa shape index (κ2) is 5.46. The lowest BCUT2D eigenvalue weighted by atomic mass is 10.1. The molecule has 1 aromatic carbocycles. The van der Waals surface area contributed by atoms with Gasteiger partial charge in [0.2, 0.25) is 0 Å². The molecule has 0 saturated heterocycles. The van der Waals surface area contributed by atoms with E-state index >= 15 is 0 Å². The van der Waals surface area contributed by atoms with E-state index in [4.69, 9.17) is 5.11 Å². The maximum absolute atomic E-state index is 13.2. The van der Waals surface area contributed by atoms with E-state index < -0.39 is 11.7 Å². The normalized spacial score (nSPS) is 12.2. The molecular weight excluding hydrogens is 197 g/mol. The Kier molecular flexibility index (Phi) is 4.24. The first-order valence-corrected chi connectivity index (χ1v) is 4.81. The Morgan fingerprint density at radius 3 is 2.80 bits per heavy atom. The summed E-state index contributed by atoms with van der Waals surface area (Å²) in [4.78, 5) is 11.5. The third-order valence-corrected chi connectivity index (χ3v) is 2.06. The highest BCUT2D eigenvalue weighted by molar-refractivity contribution is 5.94. The molecule has 0 saturated carbocycles. The molecule has 3 nitrogen and oxygen atoms in total. The van der Waals surface area contributed by atoms with E-state index in [1.807, 2.05) is 0 Å². The van der Waals surface area contributed by atoms with Crippen LogP contribution >= 0.6 is 0 Å². The topological polar surface area (TPSA) is 49.3 Å². The van der Waals surface area contributed by atoms with Crippen molar-refractivity contribution in [2.45, 2.75) is 19.4 Å². The fourth-order valence-electron chi connectivity index (χ4n) is 1.21. The Balaban J connectivity index is 2.65. The van der Waals surface area contributed by atoms with Gasteiger partial charge in [0.25, 0.3) is 5.91 Å². The first-order chi connectivity index (χ1) is 7.15. The number of hydrogen-bond acceptors (Lipinski definition) is 2. The summed E-state index contributed by atoms with van der Waals surface area (Å²) in [5, 5.41) is 11.2. The van der Waals surface area contributed by atoms with Crippen molar-refractivity contribution in [3.8, 4) is 0 Å². The van der Waals surface area contributed by atoms with Crippen LogP contribution in [0.2, 0.25) is 0 Å². The third-order valence-electron chi connectivity index (χ3n) is 2.06. The van der Waals surface area contributed by atoms with Gasteiger partial charge in [-0.3, -0.25) is 4.79 Å². The van der Waals surface area contributed by atoms with Gasteiger partial charge in [0, 0.05) is 12.6 Å². The maximum Gasteiger partial charge on any atom is 0.254 e. The fraction of sp³-hybridized carbons (Fsp3) is 0.364. The average Bonchev–Trinajstić information content (AvgIpc) is 2.18. The number of carbonyl (C=O) groups is 1. The highest BCUT2D eigenvalue weighted by Gasteiger charge is 2.12. The Labute approximate surface area is 87.9 Å². The SMILES string of the molecule is CC(CCO)NC(=O)c1ccccc1F. The van der Waals surface area contributed by atoms with Crippen molar-refractivity contribution in [3.63, 3.8) is 0 Å². The number of carbonyl (C=O) groups excluding carboxylic acids is 1. The van der Waals surface area contributed by atoms with Crippen LogP contribution in [-0.4, -0.2) is 23.7 Å². The minimum absolute atomic E-state index is 0.00127. The molecule has 1 unspecified atom stereocenters. The van der Waals surface area contributed by atoms with Gasteiger partial charge in [0.1, 0.15) is 5.82 Å². The second-order valence-corrected chi connectivity index (χ2v) is 3.37. The number of benzene rings is 1. The van der Waals surface area contributed by atoms with Gasteiger partial charge in [-0.05, 0) is 25.5 Å². The number of hydrogen-bond donors (Lipinski definition) is 2. The van der Waals surface area contributed by atoms with Gasteiger partial charge < -0.3 is 10.4 Å². The minimum Gasteiger partial charge on any atom is -0.396 e. The number of halogens is 1. The molecule has 0 aliphatic carbocycles. The van der Waals surface area contributed by atoms with E-state index in [1.165, 1.54) is 18.2 Å². The second-order valence-electron chi connectivity index (χ2n) is 3.37. The van der Waals surface area contributed by atoms with Crippen LogP contribution in [0.15, 0.2) is 24.3 Å². The monoisotopic (exact) mass is 211 g/mol. The molecule has 1 aromatic rings. The largest absolute Gasteiger partial charge is 0.396 e. The van der Waals surface area contributed by atoms with Crippen LogP contribution in [0.1, 0.15) is 23.7 Å². The van der Waals surface area contributed by atoms with Gasteiger partial charge in [-0.1, -0.05) is 12.1 Å². The first kappa shape index (κ1) is 11.7. The van der Waals surface area contributed by atoms with E-state index in [-0.39, 0.29) is 18.2 Å². The van der Waals surface area contributed by atoms with Gasteiger partial charge in [0.05, 0.1) is 5.56 Å². The molecule has 82 valence electrons. The number of aliphatic hydroxyl groups excluding tert-OH is 1. The molecule has 0 heterocycles. The van der Waals surface area contributed by atoms with Crippen molar-refractivity contribution in [1.82, 2.24) is 5.32 Å². The Morgan fingerprint density at radius 1 is 1.53 bits per heavy atom. The summed E-state index contributed by atoms with van der Waals surface area (Å²) < 4.78 is 13.2. The summed E-state index contributed by atoms with van der Waals surface area (Å²) in [5.74, 6) is -0.986. The zero-order valence-electron chi connectivity index (χ0n) is 8.53. The van der Waals surface area contributed by atoms with Crippen LogP contribution in [0.5, 0.6) is 0 Å². The molecule has 2 N–H and O–H groups in total. The highest BCUT2D eigenvalue weighted by Crippen LogP contribution is 2.06. The predicted octanol–water partition coefficient (Wildman–Crippen LogP) is 1.33. The number of rotatable bonds is 4. The Hall–Kier alpha value is -1.42.